The molecule has 0 radical (unpaired) electrons. The Morgan fingerprint density at radius 1 is 1.15 bits per heavy atom. The van der Waals surface area contributed by atoms with E-state index in [0.717, 1.165) is 0 Å². The molecule has 2 aromatic carbocycles. The fourth-order valence-corrected chi connectivity index (χ4v) is 3.42. The molecule has 0 aliphatic carbocycles. The highest BCUT2D eigenvalue weighted by Crippen LogP contribution is 2.53. The smallest absolute Gasteiger partial charge is 0.364 e. The number of hydrogen-bond donors (Lipinski definition) is 1. The van der Waals surface area contributed by atoms with Gasteiger partial charge in [-0.1, -0.05) is 18.2 Å². The summed E-state index contributed by atoms with van der Waals surface area (Å²) in [4.78, 5) is 8.76. The van der Waals surface area contributed by atoms with Gasteiger partial charge in [0.1, 0.15) is 5.75 Å². The van der Waals surface area contributed by atoms with Crippen LogP contribution in [0.15, 0.2) is 36.4 Å². The first kappa shape index (κ1) is 19.1. The fraction of sp³-hybridized carbons (Fsp3) is 0.333. The molecule has 1 aliphatic heterocycles. The molecular formula is C18H18ClNO7. The van der Waals surface area contributed by atoms with Gasteiger partial charge in [-0.3, -0.25) is 10.1 Å². The van der Waals surface area contributed by atoms with Gasteiger partial charge in [0.05, 0.1) is 26.3 Å². The Morgan fingerprint density at radius 2 is 1.74 bits per heavy atom. The van der Waals surface area contributed by atoms with Crippen molar-refractivity contribution in [2.45, 2.75) is 17.2 Å². The number of methoxy groups -OCH3 is 3. The first-order valence-corrected chi connectivity index (χ1v) is 8.33. The maximum absolute atomic E-state index is 11.9. The van der Waals surface area contributed by atoms with Crippen LogP contribution < -0.4 is 18.9 Å². The lowest BCUT2D eigenvalue weighted by Gasteiger charge is -2.37. The highest BCUT2D eigenvalue weighted by Gasteiger charge is 2.61. The zero-order valence-electron chi connectivity index (χ0n) is 14.8. The number of rotatable bonds is 5. The number of alkyl halides is 1. The van der Waals surface area contributed by atoms with E-state index in [1.807, 2.05) is 0 Å². The number of nitrogens with zero attached hydrogens (tertiary/aromatic N) is 1. The third-order valence-electron chi connectivity index (χ3n) is 4.48. The SMILES string of the molecule is COc1cc([C@@H]2Oc3ccccc3[C@H](O)[C@@]2(Cl)[N+](=O)[O-])cc(OC)c1OC. The molecule has 0 saturated heterocycles. The second-order valence-electron chi connectivity index (χ2n) is 5.88. The summed E-state index contributed by atoms with van der Waals surface area (Å²) in [6.07, 6.45) is -2.91. The van der Waals surface area contributed by atoms with Crippen molar-refractivity contribution < 1.29 is 29.0 Å². The van der Waals surface area contributed by atoms with Gasteiger partial charge in [-0.2, -0.15) is 0 Å². The Labute approximate surface area is 160 Å². The summed E-state index contributed by atoms with van der Waals surface area (Å²) in [6.45, 7) is 0. The monoisotopic (exact) mass is 395 g/mol. The van der Waals surface area contributed by atoms with Crippen LogP contribution in [0, 0.1) is 10.1 Å². The number of benzene rings is 2. The molecule has 1 aliphatic rings. The molecule has 0 unspecified atom stereocenters. The van der Waals surface area contributed by atoms with Crippen LogP contribution in [0.4, 0.5) is 0 Å². The molecule has 0 amide bonds. The molecule has 144 valence electrons. The van der Waals surface area contributed by atoms with Crippen molar-refractivity contribution in [1.82, 2.24) is 0 Å². The first-order chi connectivity index (χ1) is 12.9. The van der Waals surface area contributed by atoms with Gasteiger partial charge in [-0.05, 0) is 29.8 Å². The summed E-state index contributed by atoms with van der Waals surface area (Å²) >= 11 is 6.37. The number of aliphatic hydroxyl groups excluding tert-OH is 1. The molecule has 0 fully saturated rings. The lowest BCUT2D eigenvalue weighted by atomic mass is 9.89. The maximum Gasteiger partial charge on any atom is 0.364 e. The molecular weight excluding hydrogens is 378 g/mol. The zero-order chi connectivity index (χ0) is 19.8. The Balaban J connectivity index is 2.21. The molecule has 3 rings (SSSR count). The van der Waals surface area contributed by atoms with E-state index in [0.29, 0.717) is 17.1 Å². The van der Waals surface area contributed by atoms with E-state index in [1.54, 1.807) is 18.2 Å². The number of hydrogen-bond acceptors (Lipinski definition) is 7. The second-order valence-corrected chi connectivity index (χ2v) is 6.49. The summed E-state index contributed by atoms with van der Waals surface area (Å²) in [5.74, 6) is 1.20. The van der Waals surface area contributed by atoms with Crippen molar-refractivity contribution >= 4 is 11.6 Å². The van der Waals surface area contributed by atoms with Gasteiger partial charge in [0, 0.05) is 11.1 Å². The molecule has 9 heteroatoms. The Bertz CT molecular complexity index is 850. The van der Waals surface area contributed by atoms with Crippen LogP contribution in [0.2, 0.25) is 0 Å². The van der Waals surface area contributed by atoms with Crippen LogP contribution in [-0.2, 0) is 0 Å². The average Bonchev–Trinajstić information content (AvgIpc) is 2.69. The van der Waals surface area contributed by atoms with Crippen molar-refractivity contribution in [2.24, 2.45) is 0 Å². The van der Waals surface area contributed by atoms with Crippen LogP contribution in [0.5, 0.6) is 23.0 Å². The van der Waals surface area contributed by atoms with Crippen molar-refractivity contribution in [1.29, 1.82) is 0 Å². The van der Waals surface area contributed by atoms with Crippen molar-refractivity contribution in [3.8, 4) is 23.0 Å². The van der Waals surface area contributed by atoms with Crippen LogP contribution in [0.3, 0.4) is 0 Å². The predicted molar refractivity (Wildman–Crippen MR) is 96.4 cm³/mol. The Morgan fingerprint density at radius 3 is 2.26 bits per heavy atom. The number of fused-ring (bicyclic) bond motifs is 1. The number of aliphatic hydroxyl groups is 1. The molecule has 0 saturated carbocycles. The summed E-state index contributed by atoms with van der Waals surface area (Å²) in [5.41, 5.74) is 0.539. The first-order valence-electron chi connectivity index (χ1n) is 7.95. The minimum absolute atomic E-state index is 0.243. The molecule has 1 N–H and O–H groups in total. The maximum atomic E-state index is 11.9. The van der Waals surface area contributed by atoms with E-state index in [9.17, 15) is 15.2 Å². The van der Waals surface area contributed by atoms with Crippen molar-refractivity contribution in [2.75, 3.05) is 21.3 Å². The minimum atomic E-state index is -2.35. The van der Waals surface area contributed by atoms with Crippen molar-refractivity contribution in [3.05, 3.63) is 57.6 Å². The number of para-hydroxylation sites is 1. The zero-order valence-corrected chi connectivity index (χ0v) is 15.6. The third-order valence-corrected chi connectivity index (χ3v) is 5.02. The number of nitro groups is 1. The predicted octanol–water partition coefficient (Wildman–Crippen LogP) is 3.09. The third kappa shape index (κ3) is 2.90. The van der Waals surface area contributed by atoms with Gasteiger partial charge in [0.2, 0.25) is 11.9 Å². The lowest BCUT2D eigenvalue weighted by molar-refractivity contribution is -0.570. The van der Waals surface area contributed by atoms with Gasteiger partial charge in [0.15, 0.2) is 17.6 Å². The normalized spacial score (nSPS) is 23.7. The van der Waals surface area contributed by atoms with E-state index < -0.39 is 22.1 Å². The van der Waals surface area contributed by atoms with Crippen LogP contribution in [-0.4, -0.2) is 36.4 Å². The van der Waals surface area contributed by atoms with Crippen LogP contribution in [0.25, 0.3) is 0 Å². The number of ether oxygens (including phenoxy) is 4. The molecule has 27 heavy (non-hydrogen) atoms. The molecule has 0 spiro atoms. The standard InChI is InChI=1S/C18H18ClNO7/c1-24-13-8-10(9-14(25-2)15(13)26-3)17-18(19,20(22)23)16(21)11-6-4-5-7-12(11)27-17/h4-9,16-17,21H,1-3H3/t16-,17-,18+/m0/s1. The Kier molecular flexibility index (Phi) is 5.03. The van der Waals surface area contributed by atoms with Gasteiger partial charge < -0.3 is 24.1 Å². The van der Waals surface area contributed by atoms with E-state index in [2.05, 4.69) is 0 Å². The van der Waals surface area contributed by atoms with E-state index in [4.69, 9.17) is 30.5 Å². The summed E-state index contributed by atoms with van der Waals surface area (Å²) in [7, 11) is 4.29. The highest BCUT2D eigenvalue weighted by molar-refractivity contribution is 6.23. The van der Waals surface area contributed by atoms with E-state index in [1.165, 1.54) is 39.5 Å². The average molecular weight is 396 g/mol. The quantitative estimate of drug-likeness (QED) is 0.359. The van der Waals surface area contributed by atoms with E-state index in [-0.39, 0.29) is 17.1 Å². The van der Waals surface area contributed by atoms with Gasteiger partial charge in [-0.25, -0.2) is 0 Å². The molecule has 0 aromatic heterocycles. The summed E-state index contributed by atoms with van der Waals surface area (Å²) in [6, 6.07) is 9.50. The molecule has 8 nitrogen and oxygen atoms in total. The summed E-state index contributed by atoms with van der Waals surface area (Å²) < 4.78 is 21.7. The highest BCUT2D eigenvalue weighted by atomic mass is 35.5. The van der Waals surface area contributed by atoms with E-state index >= 15 is 0 Å². The molecule has 1 heterocycles. The largest absolute Gasteiger partial charge is 0.493 e. The fourth-order valence-electron chi connectivity index (χ4n) is 3.13. The van der Waals surface area contributed by atoms with Crippen LogP contribution in [0.1, 0.15) is 23.3 Å². The Hall–Kier alpha value is -2.71. The summed E-state index contributed by atoms with van der Waals surface area (Å²) in [5, 5.41) is 22.6. The van der Waals surface area contributed by atoms with Crippen molar-refractivity contribution in [3.63, 3.8) is 0 Å². The number of halogens is 1. The van der Waals surface area contributed by atoms with Gasteiger partial charge in [-0.15, -0.1) is 0 Å². The van der Waals surface area contributed by atoms with Gasteiger partial charge in [0.25, 0.3) is 0 Å². The second kappa shape index (κ2) is 7.13. The molecule has 2 aromatic rings. The topological polar surface area (TPSA) is 100 Å². The molecule has 0 bridgehead atoms. The van der Waals surface area contributed by atoms with Gasteiger partial charge >= 0.3 is 5.00 Å². The van der Waals surface area contributed by atoms with Crippen LogP contribution >= 0.6 is 11.6 Å². The lowest BCUT2D eigenvalue weighted by Crippen LogP contribution is -2.49. The minimum Gasteiger partial charge on any atom is -0.493 e. The molecule has 3 atom stereocenters.